The van der Waals surface area contributed by atoms with Gasteiger partial charge in [-0.2, -0.15) is 10.5 Å². The molecule has 0 aliphatic carbocycles. The molecule has 3 nitrogen and oxygen atoms in total. The number of nitrogens with one attached hydrogen (secondary N) is 1. The molecule has 1 N–H and O–H groups in total. The molecule has 1 rings (SSSR count). The van der Waals surface area contributed by atoms with Crippen LogP contribution in [0.3, 0.4) is 0 Å². The summed E-state index contributed by atoms with van der Waals surface area (Å²) in [5, 5.41) is 19.9. The van der Waals surface area contributed by atoms with Crippen molar-refractivity contribution in [2.45, 2.75) is 6.92 Å². The first kappa shape index (κ1) is 12.2. The highest BCUT2D eigenvalue weighted by molar-refractivity contribution is 9.10. The van der Waals surface area contributed by atoms with E-state index in [4.69, 9.17) is 10.5 Å². The number of halogens is 2. The Balaban J connectivity index is 3.05. The van der Waals surface area contributed by atoms with Crippen LogP contribution in [0.1, 0.15) is 5.56 Å². The number of aryl methyl sites for hydroxylation is 1. The molecule has 1 aromatic carbocycles. The summed E-state index contributed by atoms with van der Waals surface area (Å²) < 4.78 is 13.5. The Hall–Kier alpha value is -1.85. The van der Waals surface area contributed by atoms with Crippen molar-refractivity contribution in [3.63, 3.8) is 0 Å². The van der Waals surface area contributed by atoms with Crippen LogP contribution in [0.25, 0.3) is 0 Å². The molecule has 16 heavy (non-hydrogen) atoms. The minimum atomic E-state index is -0.348. The Morgan fingerprint density at radius 3 is 2.56 bits per heavy atom. The molecule has 0 spiro atoms. The number of nitrogens with zero attached hydrogens (tertiary/aromatic N) is 2. The number of hydrogen-bond donors (Lipinski definition) is 1. The minimum absolute atomic E-state index is 0.0457. The van der Waals surface area contributed by atoms with Gasteiger partial charge in [0, 0.05) is 10.7 Å². The van der Waals surface area contributed by atoms with Gasteiger partial charge in [0.15, 0.2) is 0 Å². The van der Waals surface area contributed by atoms with E-state index in [-0.39, 0.29) is 11.4 Å². The minimum Gasteiger partial charge on any atom is -0.359 e. The zero-order chi connectivity index (χ0) is 12.1. The second kappa shape index (κ2) is 5.29. The summed E-state index contributed by atoms with van der Waals surface area (Å²) in [4.78, 5) is 0. The average molecular weight is 280 g/mol. The Morgan fingerprint density at radius 2 is 2.06 bits per heavy atom. The van der Waals surface area contributed by atoms with Crippen LogP contribution in [0.5, 0.6) is 0 Å². The van der Waals surface area contributed by atoms with E-state index in [1.165, 1.54) is 18.3 Å². The van der Waals surface area contributed by atoms with Crippen LogP contribution in [0, 0.1) is 35.4 Å². The van der Waals surface area contributed by atoms with E-state index in [2.05, 4.69) is 21.2 Å². The van der Waals surface area contributed by atoms with Crippen LogP contribution < -0.4 is 5.32 Å². The van der Waals surface area contributed by atoms with E-state index < -0.39 is 0 Å². The highest BCUT2D eigenvalue weighted by atomic mass is 79.9. The van der Waals surface area contributed by atoms with E-state index in [1.807, 2.05) is 0 Å². The number of hydrogen-bond acceptors (Lipinski definition) is 3. The highest BCUT2D eigenvalue weighted by Crippen LogP contribution is 2.27. The summed E-state index contributed by atoms with van der Waals surface area (Å²) in [5.74, 6) is -0.348. The fraction of sp³-hybridized carbons (Fsp3) is 0.0909. The largest absolute Gasteiger partial charge is 0.359 e. The third-order valence-electron chi connectivity index (χ3n) is 1.85. The van der Waals surface area contributed by atoms with Crippen LogP contribution in [-0.4, -0.2) is 0 Å². The SMILES string of the molecule is Cc1cc(F)cc(Br)c1NC=C(C#N)C#N. The maximum atomic E-state index is 13.0. The fourth-order valence-electron chi connectivity index (χ4n) is 1.12. The summed E-state index contributed by atoms with van der Waals surface area (Å²) >= 11 is 3.19. The lowest BCUT2D eigenvalue weighted by Crippen LogP contribution is -1.95. The van der Waals surface area contributed by atoms with Crippen molar-refractivity contribution < 1.29 is 4.39 Å². The van der Waals surface area contributed by atoms with E-state index in [9.17, 15) is 4.39 Å². The van der Waals surface area contributed by atoms with Gasteiger partial charge in [-0.25, -0.2) is 4.39 Å². The molecule has 0 heterocycles. The highest BCUT2D eigenvalue weighted by Gasteiger charge is 2.05. The van der Waals surface area contributed by atoms with Gasteiger partial charge in [-0.1, -0.05) is 0 Å². The van der Waals surface area contributed by atoms with Crippen LogP contribution >= 0.6 is 15.9 Å². The van der Waals surface area contributed by atoms with Crippen molar-refractivity contribution in [1.29, 1.82) is 10.5 Å². The molecule has 0 aliphatic heterocycles. The van der Waals surface area contributed by atoms with Crippen molar-refractivity contribution in [3.05, 3.63) is 39.8 Å². The average Bonchev–Trinajstić information content (AvgIpc) is 2.22. The Kier molecular flexibility index (Phi) is 4.04. The number of anilines is 1. The monoisotopic (exact) mass is 279 g/mol. The van der Waals surface area contributed by atoms with Gasteiger partial charge in [-0.15, -0.1) is 0 Å². The molecule has 0 aliphatic rings. The lowest BCUT2D eigenvalue weighted by Gasteiger charge is -2.08. The predicted molar refractivity (Wildman–Crippen MR) is 61.8 cm³/mol. The van der Waals surface area contributed by atoms with Crippen LogP contribution in [0.2, 0.25) is 0 Å². The topological polar surface area (TPSA) is 59.6 Å². The Labute approximate surface area is 101 Å². The third-order valence-corrected chi connectivity index (χ3v) is 2.48. The molecule has 0 amide bonds. The van der Waals surface area contributed by atoms with E-state index in [0.29, 0.717) is 15.7 Å². The van der Waals surface area contributed by atoms with Gasteiger partial charge in [0.2, 0.25) is 0 Å². The first-order chi connectivity index (χ1) is 7.58. The van der Waals surface area contributed by atoms with Crippen molar-refractivity contribution in [2.24, 2.45) is 0 Å². The molecule has 0 bridgehead atoms. The summed E-state index contributed by atoms with van der Waals surface area (Å²) in [6, 6.07) is 6.11. The summed E-state index contributed by atoms with van der Waals surface area (Å²) in [6.07, 6.45) is 1.28. The second-order valence-electron chi connectivity index (χ2n) is 3.01. The van der Waals surface area contributed by atoms with Crippen molar-refractivity contribution in [2.75, 3.05) is 5.32 Å². The second-order valence-corrected chi connectivity index (χ2v) is 3.86. The first-order valence-corrected chi connectivity index (χ1v) is 5.10. The third kappa shape index (κ3) is 2.82. The number of benzene rings is 1. The molecule has 0 saturated carbocycles. The summed E-state index contributed by atoms with van der Waals surface area (Å²) in [5.41, 5.74) is 1.26. The molecule has 0 unspecified atom stereocenters. The molecular weight excluding hydrogens is 273 g/mol. The normalized spacial score (nSPS) is 8.81. The quantitative estimate of drug-likeness (QED) is 0.846. The van der Waals surface area contributed by atoms with Crippen molar-refractivity contribution in [1.82, 2.24) is 0 Å². The van der Waals surface area contributed by atoms with Gasteiger partial charge >= 0.3 is 0 Å². The zero-order valence-electron chi connectivity index (χ0n) is 8.38. The number of rotatable bonds is 2. The summed E-state index contributed by atoms with van der Waals surface area (Å²) in [6.45, 7) is 1.72. The van der Waals surface area contributed by atoms with Gasteiger partial charge in [-0.05, 0) is 40.5 Å². The molecule has 0 saturated heterocycles. The lowest BCUT2D eigenvalue weighted by molar-refractivity contribution is 0.626. The summed E-state index contributed by atoms with van der Waals surface area (Å²) in [7, 11) is 0. The maximum absolute atomic E-state index is 13.0. The van der Waals surface area contributed by atoms with Gasteiger partial charge < -0.3 is 5.32 Å². The predicted octanol–water partition coefficient (Wildman–Crippen LogP) is 3.24. The van der Waals surface area contributed by atoms with Crippen LogP contribution in [0.15, 0.2) is 28.4 Å². The van der Waals surface area contributed by atoms with E-state index in [0.717, 1.165) is 0 Å². The molecule has 80 valence electrons. The van der Waals surface area contributed by atoms with Crippen LogP contribution in [-0.2, 0) is 0 Å². The van der Waals surface area contributed by atoms with Crippen LogP contribution in [0.4, 0.5) is 10.1 Å². The Bertz CT molecular complexity index is 484. The number of allylic oxidation sites excluding steroid dienone is 1. The zero-order valence-corrected chi connectivity index (χ0v) is 9.97. The van der Waals surface area contributed by atoms with E-state index >= 15 is 0 Å². The molecule has 0 atom stereocenters. The molecule has 1 aromatic rings. The van der Waals surface area contributed by atoms with Gasteiger partial charge in [0.05, 0.1) is 5.69 Å². The lowest BCUT2D eigenvalue weighted by atomic mass is 10.2. The Morgan fingerprint density at radius 1 is 1.44 bits per heavy atom. The molecule has 5 heteroatoms. The molecular formula is C11H7BrFN3. The standard InChI is InChI=1S/C11H7BrFN3/c1-7-2-9(13)3-10(12)11(7)16-6-8(4-14)5-15/h2-3,6,16H,1H3. The molecule has 0 fully saturated rings. The number of nitriles is 2. The van der Waals surface area contributed by atoms with Gasteiger partial charge in [0.1, 0.15) is 23.5 Å². The first-order valence-electron chi connectivity index (χ1n) is 4.31. The maximum Gasteiger partial charge on any atom is 0.145 e. The van der Waals surface area contributed by atoms with Crippen molar-refractivity contribution in [3.8, 4) is 12.1 Å². The van der Waals surface area contributed by atoms with Gasteiger partial charge in [0.25, 0.3) is 0 Å². The smallest absolute Gasteiger partial charge is 0.145 e. The molecule has 0 radical (unpaired) electrons. The van der Waals surface area contributed by atoms with Crippen molar-refractivity contribution >= 4 is 21.6 Å². The van der Waals surface area contributed by atoms with E-state index in [1.54, 1.807) is 19.1 Å². The fourth-order valence-corrected chi connectivity index (χ4v) is 1.76. The van der Waals surface area contributed by atoms with Gasteiger partial charge in [-0.3, -0.25) is 0 Å². The molecule has 0 aromatic heterocycles.